The number of hydrogen-bond acceptors (Lipinski definition) is 2. The molecule has 62 valence electrons. The highest BCUT2D eigenvalue weighted by atomic mass is 15.3. The normalized spacial score (nSPS) is 5.90. The molecule has 0 saturated carbocycles. The Balaban J connectivity index is -0.000000114. The van der Waals surface area contributed by atoms with Crippen LogP contribution in [0.1, 0.15) is 34.4 Å². The third-order valence-electron chi connectivity index (χ3n) is 0.535. The van der Waals surface area contributed by atoms with E-state index in [1.807, 2.05) is 20.8 Å². The molecule has 0 amide bonds. The molecule has 0 saturated heterocycles. The first kappa shape index (κ1) is 16.1. The van der Waals surface area contributed by atoms with Crippen LogP contribution in [-0.4, -0.2) is 15.4 Å². The zero-order valence-electron chi connectivity index (χ0n) is 5.47. The monoisotopic (exact) mass is 145 g/mol. The summed E-state index contributed by atoms with van der Waals surface area (Å²) in [5, 5.41) is 9.70. The summed E-state index contributed by atoms with van der Waals surface area (Å²) in [7, 11) is 0. The molecule has 0 aliphatic carbocycles. The molecule has 0 aliphatic heterocycles. The topological polar surface area (TPSA) is 41.6 Å². The van der Waals surface area contributed by atoms with Crippen molar-refractivity contribution in [2.24, 2.45) is 0 Å². The van der Waals surface area contributed by atoms with Crippen LogP contribution < -0.4 is 0 Å². The van der Waals surface area contributed by atoms with Crippen LogP contribution in [0.3, 0.4) is 0 Å². The van der Waals surface area contributed by atoms with Gasteiger partial charge in [-0.15, -0.1) is 0 Å². The Hall–Kier alpha value is -0.860. The second kappa shape index (κ2) is 11.0. The molecule has 0 spiro atoms. The van der Waals surface area contributed by atoms with E-state index in [1.165, 1.54) is 0 Å². The quantitative estimate of drug-likeness (QED) is 0.609. The van der Waals surface area contributed by atoms with Crippen LogP contribution in [0.2, 0.25) is 0 Å². The summed E-state index contributed by atoms with van der Waals surface area (Å²) >= 11 is 0. The summed E-state index contributed by atoms with van der Waals surface area (Å²) in [5.74, 6) is 0. The standard InChI is InChI=1S/C3H5N3.C2H6.2CH4/c1-3-2-4-6-5-3;1-2;;/h2H,1H3,(H,4,5,6);1-2H3;2*1H4. The molecule has 1 N–H and O–H groups in total. The molecule has 1 aromatic heterocycles. The zero-order chi connectivity index (χ0) is 6.41. The van der Waals surface area contributed by atoms with Gasteiger partial charge in [-0.05, 0) is 6.92 Å². The van der Waals surface area contributed by atoms with E-state index in [9.17, 15) is 0 Å². The minimum Gasteiger partial charge on any atom is -0.198 e. The first-order valence-electron chi connectivity index (χ1n) is 2.72. The lowest BCUT2D eigenvalue weighted by molar-refractivity contribution is 0.928. The SMILES string of the molecule is C.C.CC.Cc1cn[nH]n1. The first-order chi connectivity index (χ1) is 3.89. The molecule has 0 unspecified atom stereocenters. The predicted octanol–water partition coefficient (Wildman–Crippen LogP) is 2.41. The highest BCUT2D eigenvalue weighted by Crippen LogP contribution is 1.77. The van der Waals surface area contributed by atoms with Gasteiger partial charge in [0, 0.05) is 0 Å². The maximum atomic E-state index is 3.68. The number of nitrogens with one attached hydrogen (secondary N) is 1. The van der Waals surface area contributed by atoms with Crippen molar-refractivity contribution in [1.82, 2.24) is 15.4 Å². The molecule has 0 radical (unpaired) electrons. The van der Waals surface area contributed by atoms with Crippen molar-refractivity contribution < 1.29 is 0 Å². The van der Waals surface area contributed by atoms with Gasteiger partial charge in [-0.3, -0.25) is 0 Å². The van der Waals surface area contributed by atoms with Crippen molar-refractivity contribution in [3.8, 4) is 0 Å². The number of rotatable bonds is 0. The molecule has 1 aromatic rings. The van der Waals surface area contributed by atoms with E-state index in [0.29, 0.717) is 0 Å². The number of H-pyrrole nitrogens is 1. The highest BCUT2D eigenvalue weighted by Gasteiger charge is 1.76. The molecule has 0 aromatic carbocycles. The molecule has 0 fully saturated rings. The van der Waals surface area contributed by atoms with Crippen molar-refractivity contribution in [2.75, 3.05) is 0 Å². The smallest absolute Gasteiger partial charge is 0.0793 e. The third kappa shape index (κ3) is 7.14. The van der Waals surface area contributed by atoms with E-state index in [2.05, 4.69) is 15.4 Å². The molecular formula is C7H19N3. The highest BCUT2D eigenvalue weighted by molar-refractivity contribution is 4.82. The lowest BCUT2D eigenvalue weighted by Gasteiger charge is -1.62. The van der Waals surface area contributed by atoms with Gasteiger partial charge in [-0.1, -0.05) is 28.7 Å². The van der Waals surface area contributed by atoms with E-state index >= 15 is 0 Å². The first-order valence-corrected chi connectivity index (χ1v) is 2.72. The summed E-state index contributed by atoms with van der Waals surface area (Å²) in [6.45, 7) is 5.88. The van der Waals surface area contributed by atoms with Crippen molar-refractivity contribution >= 4 is 0 Å². The molecule has 1 heterocycles. The Kier molecular flexibility index (Phi) is 17.7. The summed E-state index contributed by atoms with van der Waals surface area (Å²) in [6, 6.07) is 0. The van der Waals surface area contributed by atoms with Crippen LogP contribution >= 0.6 is 0 Å². The van der Waals surface area contributed by atoms with Crippen molar-refractivity contribution in [3.63, 3.8) is 0 Å². The Bertz CT molecular complexity index is 112. The van der Waals surface area contributed by atoms with E-state index < -0.39 is 0 Å². The molecule has 0 bridgehead atoms. The number of hydrogen-bond donors (Lipinski definition) is 1. The Morgan fingerprint density at radius 3 is 1.90 bits per heavy atom. The molecule has 10 heavy (non-hydrogen) atoms. The van der Waals surface area contributed by atoms with E-state index in [4.69, 9.17) is 0 Å². The number of aryl methyl sites for hydroxylation is 1. The lowest BCUT2D eigenvalue weighted by atomic mass is 10.6. The maximum absolute atomic E-state index is 3.68. The second-order valence-electron chi connectivity index (χ2n) is 1.11. The second-order valence-corrected chi connectivity index (χ2v) is 1.11. The van der Waals surface area contributed by atoms with Crippen molar-refractivity contribution in [3.05, 3.63) is 11.9 Å². The van der Waals surface area contributed by atoms with Crippen LogP contribution in [-0.2, 0) is 0 Å². The number of nitrogens with zero attached hydrogens (tertiary/aromatic N) is 2. The molecule has 3 nitrogen and oxygen atoms in total. The van der Waals surface area contributed by atoms with Crippen LogP contribution in [0, 0.1) is 6.92 Å². The van der Waals surface area contributed by atoms with Gasteiger partial charge in [0.05, 0.1) is 11.9 Å². The van der Waals surface area contributed by atoms with Crippen LogP contribution in [0.15, 0.2) is 6.20 Å². The molecular weight excluding hydrogens is 126 g/mol. The van der Waals surface area contributed by atoms with E-state index in [1.54, 1.807) is 6.20 Å². The Morgan fingerprint density at radius 1 is 1.30 bits per heavy atom. The third-order valence-corrected chi connectivity index (χ3v) is 0.535. The molecule has 1 rings (SSSR count). The summed E-state index contributed by atoms with van der Waals surface area (Å²) in [4.78, 5) is 0. The van der Waals surface area contributed by atoms with Gasteiger partial charge >= 0.3 is 0 Å². The summed E-state index contributed by atoms with van der Waals surface area (Å²) in [5.41, 5.74) is 0.926. The fourth-order valence-electron chi connectivity index (χ4n) is 0.259. The number of aromatic amines is 1. The molecule has 0 aliphatic rings. The molecule has 0 atom stereocenters. The average Bonchev–Trinajstić information content (AvgIpc) is 2.24. The fourth-order valence-corrected chi connectivity index (χ4v) is 0.259. The zero-order valence-corrected chi connectivity index (χ0v) is 5.47. The molecule has 3 heteroatoms. The van der Waals surface area contributed by atoms with Gasteiger partial charge in [-0.2, -0.15) is 15.4 Å². The maximum Gasteiger partial charge on any atom is 0.0793 e. The van der Waals surface area contributed by atoms with Gasteiger partial charge in [0.15, 0.2) is 0 Å². The van der Waals surface area contributed by atoms with Crippen molar-refractivity contribution in [2.45, 2.75) is 35.6 Å². The number of aromatic nitrogens is 3. The summed E-state index contributed by atoms with van der Waals surface area (Å²) < 4.78 is 0. The van der Waals surface area contributed by atoms with Gasteiger partial charge in [-0.25, -0.2) is 0 Å². The Morgan fingerprint density at radius 2 is 1.80 bits per heavy atom. The Labute approximate surface area is 63.9 Å². The minimum absolute atomic E-state index is 0. The van der Waals surface area contributed by atoms with E-state index in [-0.39, 0.29) is 14.9 Å². The van der Waals surface area contributed by atoms with Gasteiger partial charge < -0.3 is 0 Å². The van der Waals surface area contributed by atoms with Crippen LogP contribution in [0.4, 0.5) is 0 Å². The minimum atomic E-state index is 0. The van der Waals surface area contributed by atoms with Gasteiger partial charge in [0.25, 0.3) is 0 Å². The van der Waals surface area contributed by atoms with Crippen LogP contribution in [0.5, 0.6) is 0 Å². The van der Waals surface area contributed by atoms with Gasteiger partial charge in [0.1, 0.15) is 0 Å². The van der Waals surface area contributed by atoms with Crippen LogP contribution in [0.25, 0.3) is 0 Å². The average molecular weight is 145 g/mol. The predicted molar refractivity (Wildman–Crippen MR) is 45.9 cm³/mol. The van der Waals surface area contributed by atoms with E-state index in [0.717, 1.165) is 5.69 Å². The fraction of sp³-hybridized carbons (Fsp3) is 0.714. The summed E-state index contributed by atoms with van der Waals surface area (Å²) in [6.07, 6.45) is 1.67. The largest absolute Gasteiger partial charge is 0.198 e. The van der Waals surface area contributed by atoms with Crippen molar-refractivity contribution in [1.29, 1.82) is 0 Å². The lowest BCUT2D eigenvalue weighted by Crippen LogP contribution is -1.66. The van der Waals surface area contributed by atoms with Gasteiger partial charge in [0.2, 0.25) is 0 Å².